The lowest BCUT2D eigenvalue weighted by atomic mass is 9.91. The first-order valence-electron chi connectivity index (χ1n) is 14.1. The SMILES string of the molecule is C/C=C\C1=C(C(=O)O)N2C(=O)C(NC(=O)Cc3ccccc3)[C@H]2SC1.C1CCC(NC2CCCCC2)CC1. The number of hydrogen-bond donors (Lipinski definition) is 3. The molecule has 5 rings (SSSR count). The summed E-state index contributed by atoms with van der Waals surface area (Å²) in [7, 11) is 0. The quantitative estimate of drug-likeness (QED) is 0.431. The molecule has 206 valence electrons. The molecule has 1 saturated heterocycles. The van der Waals surface area contributed by atoms with Gasteiger partial charge in [0.2, 0.25) is 5.91 Å². The summed E-state index contributed by atoms with van der Waals surface area (Å²) in [6, 6.07) is 10.3. The molecule has 2 aliphatic heterocycles. The number of carbonyl (C=O) groups excluding carboxylic acids is 2. The Morgan fingerprint density at radius 1 is 1.00 bits per heavy atom. The Morgan fingerprint density at radius 3 is 2.16 bits per heavy atom. The Labute approximate surface area is 230 Å². The summed E-state index contributed by atoms with van der Waals surface area (Å²) in [5.74, 6) is -1.26. The van der Waals surface area contributed by atoms with Gasteiger partial charge in [0.15, 0.2) is 0 Å². The molecule has 0 aromatic heterocycles. The average molecular weight is 540 g/mol. The van der Waals surface area contributed by atoms with Crippen molar-refractivity contribution in [2.45, 2.75) is 101 Å². The van der Waals surface area contributed by atoms with Crippen molar-refractivity contribution in [2.24, 2.45) is 0 Å². The number of nitrogens with zero attached hydrogens (tertiary/aromatic N) is 1. The van der Waals surface area contributed by atoms with E-state index >= 15 is 0 Å². The molecule has 2 aliphatic carbocycles. The first kappa shape index (κ1) is 28.4. The van der Waals surface area contributed by atoms with Gasteiger partial charge in [-0.25, -0.2) is 4.79 Å². The average Bonchev–Trinajstić information content (AvgIpc) is 2.93. The zero-order valence-corrected chi connectivity index (χ0v) is 23.2. The Balaban J connectivity index is 0.000000216. The van der Waals surface area contributed by atoms with Gasteiger partial charge in [0.05, 0.1) is 6.42 Å². The van der Waals surface area contributed by atoms with Gasteiger partial charge in [0.1, 0.15) is 17.1 Å². The minimum atomic E-state index is -1.12. The first-order chi connectivity index (χ1) is 18.5. The van der Waals surface area contributed by atoms with Gasteiger partial charge in [-0.15, -0.1) is 11.8 Å². The van der Waals surface area contributed by atoms with E-state index in [-0.39, 0.29) is 29.3 Å². The summed E-state index contributed by atoms with van der Waals surface area (Å²) in [5.41, 5.74) is 1.49. The van der Waals surface area contributed by atoms with Crippen molar-refractivity contribution in [3.63, 3.8) is 0 Å². The molecule has 7 nitrogen and oxygen atoms in total. The zero-order valence-electron chi connectivity index (χ0n) is 22.4. The van der Waals surface area contributed by atoms with Gasteiger partial charge in [0.25, 0.3) is 5.91 Å². The molecule has 38 heavy (non-hydrogen) atoms. The number of hydrogen-bond acceptors (Lipinski definition) is 5. The van der Waals surface area contributed by atoms with E-state index in [9.17, 15) is 19.5 Å². The van der Waals surface area contributed by atoms with E-state index in [1.54, 1.807) is 19.1 Å². The third-order valence-corrected chi connectivity index (χ3v) is 9.08. The van der Waals surface area contributed by atoms with E-state index in [0.29, 0.717) is 11.3 Å². The number of fused-ring (bicyclic) bond motifs is 1. The fourth-order valence-electron chi connectivity index (χ4n) is 5.85. The number of aliphatic carboxylic acids is 1. The van der Waals surface area contributed by atoms with Crippen LogP contribution in [0.5, 0.6) is 0 Å². The number of β-lactam (4-membered cyclic amide) rings is 1. The number of allylic oxidation sites excluding steroid dienone is 2. The van der Waals surface area contributed by atoms with Gasteiger partial charge in [-0.3, -0.25) is 14.5 Å². The Morgan fingerprint density at radius 2 is 1.61 bits per heavy atom. The smallest absolute Gasteiger partial charge is 0.352 e. The van der Waals surface area contributed by atoms with Crippen LogP contribution in [0.4, 0.5) is 0 Å². The molecule has 1 unspecified atom stereocenters. The number of carbonyl (C=O) groups is 3. The number of carboxylic acids is 1. The predicted octanol–water partition coefficient (Wildman–Crippen LogP) is 4.79. The lowest BCUT2D eigenvalue weighted by Gasteiger charge is -2.49. The molecule has 8 heteroatoms. The monoisotopic (exact) mass is 539 g/mol. The molecular formula is C30H41N3O4S. The fourth-order valence-corrected chi connectivity index (χ4v) is 7.17. The molecule has 3 fully saturated rings. The second kappa shape index (κ2) is 14.0. The third-order valence-electron chi connectivity index (χ3n) is 7.77. The molecule has 1 aromatic carbocycles. The summed E-state index contributed by atoms with van der Waals surface area (Å²) in [5, 5.41) is 15.7. The molecule has 3 N–H and O–H groups in total. The first-order valence-corrected chi connectivity index (χ1v) is 15.2. The summed E-state index contributed by atoms with van der Waals surface area (Å²) < 4.78 is 0. The van der Waals surface area contributed by atoms with Crippen molar-refractivity contribution in [1.82, 2.24) is 15.5 Å². The maximum atomic E-state index is 12.4. The van der Waals surface area contributed by atoms with E-state index < -0.39 is 12.0 Å². The fraction of sp³-hybridized carbons (Fsp3) is 0.567. The molecule has 0 spiro atoms. The van der Waals surface area contributed by atoms with Gasteiger partial charge >= 0.3 is 5.97 Å². The van der Waals surface area contributed by atoms with Crippen molar-refractivity contribution >= 4 is 29.5 Å². The minimum Gasteiger partial charge on any atom is -0.477 e. The van der Waals surface area contributed by atoms with Gasteiger partial charge in [-0.2, -0.15) is 0 Å². The normalized spacial score (nSPS) is 24.3. The number of rotatable bonds is 7. The Bertz CT molecular complexity index is 1010. The van der Waals surface area contributed by atoms with E-state index in [1.807, 2.05) is 30.3 Å². The van der Waals surface area contributed by atoms with Gasteiger partial charge in [-0.1, -0.05) is 81.0 Å². The van der Waals surface area contributed by atoms with E-state index in [4.69, 9.17) is 0 Å². The Kier molecular flexibility index (Phi) is 10.5. The number of benzene rings is 1. The van der Waals surface area contributed by atoms with E-state index in [2.05, 4.69) is 10.6 Å². The number of amides is 2. The molecule has 0 radical (unpaired) electrons. The number of nitrogens with one attached hydrogen (secondary N) is 2. The highest BCUT2D eigenvalue weighted by atomic mass is 32.2. The van der Waals surface area contributed by atoms with Crippen molar-refractivity contribution in [2.75, 3.05) is 5.75 Å². The molecule has 2 heterocycles. The van der Waals surface area contributed by atoms with Crippen molar-refractivity contribution in [3.05, 3.63) is 59.3 Å². The van der Waals surface area contributed by atoms with Crippen LogP contribution in [0.1, 0.15) is 76.7 Å². The summed E-state index contributed by atoms with van der Waals surface area (Å²) in [4.78, 5) is 37.5. The lowest BCUT2D eigenvalue weighted by molar-refractivity contribution is -0.150. The molecular weight excluding hydrogens is 498 g/mol. The minimum absolute atomic E-state index is 0.0143. The van der Waals surface area contributed by atoms with Gasteiger partial charge in [-0.05, 0) is 43.7 Å². The van der Waals surface area contributed by atoms with Crippen LogP contribution in [0.3, 0.4) is 0 Å². The second-order valence-electron chi connectivity index (χ2n) is 10.6. The maximum absolute atomic E-state index is 12.4. The topological polar surface area (TPSA) is 98.7 Å². The third kappa shape index (κ3) is 7.29. The number of thioether (sulfide) groups is 1. The van der Waals surface area contributed by atoms with Crippen LogP contribution in [-0.2, 0) is 20.8 Å². The molecule has 2 saturated carbocycles. The van der Waals surface area contributed by atoms with Crippen molar-refractivity contribution in [1.29, 1.82) is 0 Å². The largest absolute Gasteiger partial charge is 0.477 e. The van der Waals surface area contributed by atoms with Crippen molar-refractivity contribution < 1.29 is 19.5 Å². The molecule has 1 aromatic rings. The molecule has 0 bridgehead atoms. The van der Waals surface area contributed by atoms with Crippen LogP contribution in [0, 0.1) is 0 Å². The molecule has 4 aliphatic rings. The summed E-state index contributed by atoms with van der Waals surface area (Å²) in [6.45, 7) is 1.80. The zero-order chi connectivity index (χ0) is 26.9. The standard InChI is InChI=1S/C18H18N2O4S.C12H23N/c1-2-6-12-10-25-17-14(16(22)20(17)15(12)18(23)24)19-13(21)9-11-7-4-3-5-8-11;1-3-7-11(8-4-1)13-12-9-5-2-6-10-12/h2-8,14,17H,9-10H2,1H3,(H,19,21)(H,23,24);11-13H,1-10H2/b6-2-;/t14?,17-;/m1./s1. The van der Waals surface area contributed by atoms with Crippen LogP contribution < -0.4 is 10.6 Å². The Hall–Kier alpha value is -2.58. The van der Waals surface area contributed by atoms with Crippen LogP contribution in [-0.4, -0.2) is 57.0 Å². The van der Waals surface area contributed by atoms with Crippen LogP contribution >= 0.6 is 11.8 Å². The van der Waals surface area contributed by atoms with E-state index in [1.165, 1.54) is 80.9 Å². The highest BCUT2D eigenvalue weighted by Crippen LogP contribution is 2.40. The predicted molar refractivity (Wildman–Crippen MR) is 152 cm³/mol. The second-order valence-corrected chi connectivity index (χ2v) is 11.7. The van der Waals surface area contributed by atoms with Crippen molar-refractivity contribution in [3.8, 4) is 0 Å². The maximum Gasteiger partial charge on any atom is 0.352 e. The van der Waals surface area contributed by atoms with Crippen LogP contribution in [0.2, 0.25) is 0 Å². The van der Waals surface area contributed by atoms with Crippen LogP contribution in [0.25, 0.3) is 0 Å². The van der Waals surface area contributed by atoms with Crippen LogP contribution in [0.15, 0.2) is 53.8 Å². The highest BCUT2D eigenvalue weighted by Gasteiger charge is 2.53. The van der Waals surface area contributed by atoms with Gasteiger partial charge < -0.3 is 15.7 Å². The molecule has 2 amide bonds. The summed E-state index contributed by atoms with van der Waals surface area (Å²) in [6.07, 6.45) is 18.2. The highest BCUT2D eigenvalue weighted by molar-refractivity contribution is 8.00. The molecule has 2 atom stereocenters. The van der Waals surface area contributed by atoms with E-state index in [0.717, 1.165) is 17.6 Å². The summed E-state index contributed by atoms with van der Waals surface area (Å²) >= 11 is 1.46. The lowest BCUT2D eigenvalue weighted by Crippen LogP contribution is -2.70. The van der Waals surface area contributed by atoms with Gasteiger partial charge in [0, 0.05) is 17.8 Å². The number of carboxylic acid groups (broad SMARTS) is 1.